The molecule has 1 aromatic carbocycles. The number of aliphatic imine (C=N–C) groups is 1. The van der Waals surface area contributed by atoms with Gasteiger partial charge in [0.2, 0.25) is 5.91 Å². The van der Waals surface area contributed by atoms with Crippen LogP contribution in [0, 0.1) is 5.41 Å². The number of carbonyl (C=O) groups is 1. The first kappa shape index (κ1) is 25.9. The van der Waals surface area contributed by atoms with Crippen molar-refractivity contribution in [3.8, 4) is 0 Å². The van der Waals surface area contributed by atoms with Crippen molar-refractivity contribution in [1.82, 2.24) is 24.7 Å². The number of hydrogen-bond acceptors (Lipinski definition) is 5. The van der Waals surface area contributed by atoms with Crippen LogP contribution >= 0.6 is 0 Å². The molecule has 0 unspecified atom stereocenters. The number of hydrogen-bond donors (Lipinski definition) is 1. The summed E-state index contributed by atoms with van der Waals surface area (Å²) < 4.78 is 0. The first-order valence-corrected chi connectivity index (χ1v) is 14.1. The Kier molecular flexibility index (Phi) is 8.20. The molecule has 3 aliphatic rings. The van der Waals surface area contributed by atoms with Gasteiger partial charge in [-0.05, 0) is 56.3 Å². The summed E-state index contributed by atoms with van der Waals surface area (Å²) >= 11 is 0. The Bertz CT molecular complexity index is 1080. The molecule has 3 aliphatic heterocycles. The molecular weight excluding hydrogens is 460 g/mol. The molecule has 1 spiro atoms. The SMILES string of the molecule is CCC(CC)N1CCC2(CCN(Cc3ccc(CN(CC4=NC=CC4)Cc4ncc[nH]4)cc3)C2=O)CC1. The zero-order valence-corrected chi connectivity index (χ0v) is 22.5. The lowest BCUT2D eigenvalue weighted by Gasteiger charge is -2.41. The van der Waals surface area contributed by atoms with Gasteiger partial charge in [-0.2, -0.15) is 0 Å². The minimum absolute atomic E-state index is 0.118. The molecule has 1 N–H and O–H groups in total. The molecule has 2 fully saturated rings. The number of rotatable bonds is 11. The number of likely N-dealkylation sites (tertiary alicyclic amines) is 2. The largest absolute Gasteiger partial charge is 0.348 e. The van der Waals surface area contributed by atoms with Crippen molar-refractivity contribution in [2.75, 3.05) is 26.2 Å². The normalized spacial score (nSPS) is 19.6. The maximum Gasteiger partial charge on any atom is 0.229 e. The van der Waals surface area contributed by atoms with Crippen molar-refractivity contribution in [3.63, 3.8) is 0 Å². The van der Waals surface area contributed by atoms with E-state index in [2.05, 4.69) is 73.8 Å². The Morgan fingerprint density at radius 1 is 1.00 bits per heavy atom. The van der Waals surface area contributed by atoms with Crippen LogP contribution in [0.1, 0.15) is 69.3 Å². The number of nitrogens with zero attached hydrogens (tertiary/aromatic N) is 5. The van der Waals surface area contributed by atoms with E-state index in [1.165, 1.54) is 29.7 Å². The maximum absolute atomic E-state index is 13.5. The van der Waals surface area contributed by atoms with Crippen LogP contribution in [0.25, 0.3) is 0 Å². The van der Waals surface area contributed by atoms with Crippen molar-refractivity contribution in [1.29, 1.82) is 0 Å². The summed E-state index contributed by atoms with van der Waals surface area (Å²) in [6, 6.07) is 9.49. The third-order valence-electron chi connectivity index (χ3n) is 8.67. The molecule has 0 bridgehead atoms. The van der Waals surface area contributed by atoms with Crippen molar-refractivity contribution in [2.45, 2.75) is 78.0 Å². The lowest BCUT2D eigenvalue weighted by Crippen LogP contribution is -2.47. The highest BCUT2D eigenvalue weighted by Crippen LogP contribution is 2.42. The van der Waals surface area contributed by atoms with Gasteiger partial charge < -0.3 is 14.8 Å². The second kappa shape index (κ2) is 11.7. The van der Waals surface area contributed by atoms with Crippen LogP contribution in [0.15, 0.2) is 53.9 Å². The van der Waals surface area contributed by atoms with Crippen molar-refractivity contribution in [3.05, 3.63) is 65.9 Å². The molecule has 5 rings (SSSR count). The molecule has 2 aromatic rings. The van der Waals surface area contributed by atoms with Crippen LogP contribution in [0.4, 0.5) is 0 Å². The molecule has 37 heavy (non-hydrogen) atoms. The fraction of sp³-hybridized carbons (Fsp3) is 0.567. The average Bonchev–Trinajstić information content (AvgIpc) is 3.68. The molecule has 1 amide bonds. The zero-order chi connectivity index (χ0) is 25.7. The van der Waals surface area contributed by atoms with Crippen LogP contribution in [0.2, 0.25) is 0 Å². The van der Waals surface area contributed by atoms with Crippen LogP contribution < -0.4 is 0 Å². The highest BCUT2D eigenvalue weighted by atomic mass is 16.2. The van der Waals surface area contributed by atoms with Crippen molar-refractivity contribution < 1.29 is 4.79 Å². The van der Waals surface area contributed by atoms with E-state index in [1.807, 2.05) is 12.4 Å². The quantitative estimate of drug-likeness (QED) is 0.481. The van der Waals surface area contributed by atoms with Gasteiger partial charge in [-0.15, -0.1) is 0 Å². The Morgan fingerprint density at radius 3 is 2.38 bits per heavy atom. The second-order valence-electron chi connectivity index (χ2n) is 11.0. The Balaban J connectivity index is 1.16. The number of allylic oxidation sites excluding steroid dienone is 1. The first-order valence-electron chi connectivity index (χ1n) is 14.1. The Labute approximate surface area is 221 Å². The predicted octanol–water partition coefficient (Wildman–Crippen LogP) is 4.77. The Morgan fingerprint density at radius 2 is 1.73 bits per heavy atom. The van der Waals surface area contributed by atoms with Gasteiger partial charge in [-0.1, -0.05) is 44.2 Å². The number of benzene rings is 1. The second-order valence-corrected chi connectivity index (χ2v) is 11.0. The van der Waals surface area contributed by atoms with Gasteiger partial charge >= 0.3 is 0 Å². The van der Waals surface area contributed by atoms with Crippen molar-refractivity contribution in [2.24, 2.45) is 10.4 Å². The van der Waals surface area contributed by atoms with Crippen LogP contribution in [-0.4, -0.2) is 68.5 Å². The number of nitrogens with one attached hydrogen (secondary N) is 1. The fourth-order valence-electron chi connectivity index (χ4n) is 6.39. The minimum atomic E-state index is -0.118. The van der Waals surface area contributed by atoms with Gasteiger partial charge in [0.25, 0.3) is 0 Å². The number of carbonyl (C=O) groups excluding carboxylic acids is 1. The Hall–Kier alpha value is -2.77. The van der Waals surface area contributed by atoms with E-state index < -0.39 is 0 Å². The van der Waals surface area contributed by atoms with E-state index in [0.717, 1.165) is 77.3 Å². The van der Waals surface area contributed by atoms with E-state index >= 15 is 0 Å². The van der Waals surface area contributed by atoms with E-state index in [4.69, 9.17) is 0 Å². The third-order valence-corrected chi connectivity index (χ3v) is 8.67. The molecule has 1 aromatic heterocycles. The number of piperidine rings is 1. The van der Waals surface area contributed by atoms with E-state index in [9.17, 15) is 4.79 Å². The zero-order valence-electron chi connectivity index (χ0n) is 22.5. The van der Waals surface area contributed by atoms with Crippen molar-refractivity contribution >= 4 is 11.6 Å². The molecule has 4 heterocycles. The summed E-state index contributed by atoms with van der Waals surface area (Å²) in [7, 11) is 0. The minimum Gasteiger partial charge on any atom is -0.348 e. The topological polar surface area (TPSA) is 67.8 Å². The summed E-state index contributed by atoms with van der Waals surface area (Å²) in [6.07, 6.45) is 14.1. The first-order chi connectivity index (χ1) is 18.1. The molecule has 0 radical (unpaired) electrons. The number of imidazole rings is 1. The molecule has 0 saturated carbocycles. The summed E-state index contributed by atoms with van der Waals surface area (Å²) in [6.45, 7) is 10.7. The highest BCUT2D eigenvalue weighted by molar-refractivity contribution is 5.89. The molecular formula is C30H42N6O. The standard InChI is InChI=1S/C30H42N6O/c1-3-27(4-2)35-17-11-30(12-18-35)13-19-36(29(30)37)21-25-9-7-24(8-10-25)20-34(22-26-6-5-14-31-26)23-28-32-15-16-33-28/h5,7-10,14-16,27H,3-4,6,11-13,17-23H2,1-2H3,(H,32,33). The number of aromatic nitrogens is 2. The maximum atomic E-state index is 13.5. The number of H-pyrrole nitrogens is 1. The van der Waals surface area contributed by atoms with E-state index in [1.54, 1.807) is 6.20 Å². The number of aromatic amines is 1. The number of amides is 1. The van der Waals surface area contributed by atoms with Gasteiger partial charge in [0.05, 0.1) is 12.0 Å². The van der Waals surface area contributed by atoms with Gasteiger partial charge in [0.1, 0.15) is 5.82 Å². The monoisotopic (exact) mass is 502 g/mol. The van der Waals surface area contributed by atoms with Gasteiger partial charge in [-0.25, -0.2) is 4.98 Å². The lowest BCUT2D eigenvalue weighted by molar-refractivity contribution is -0.139. The summed E-state index contributed by atoms with van der Waals surface area (Å²) in [5, 5.41) is 0. The summed E-state index contributed by atoms with van der Waals surface area (Å²) in [5.41, 5.74) is 3.55. The molecule has 0 aliphatic carbocycles. The molecule has 0 atom stereocenters. The predicted molar refractivity (Wildman–Crippen MR) is 148 cm³/mol. The van der Waals surface area contributed by atoms with Gasteiger partial charge in [-0.3, -0.25) is 14.7 Å². The third kappa shape index (κ3) is 6.04. The molecule has 7 heteroatoms. The highest BCUT2D eigenvalue weighted by Gasteiger charge is 2.48. The lowest BCUT2D eigenvalue weighted by atomic mass is 9.76. The summed E-state index contributed by atoms with van der Waals surface area (Å²) in [5.74, 6) is 1.35. The molecule has 7 nitrogen and oxygen atoms in total. The van der Waals surface area contributed by atoms with Crippen LogP contribution in [-0.2, 0) is 24.4 Å². The van der Waals surface area contributed by atoms with Crippen LogP contribution in [0.5, 0.6) is 0 Å². The summed E-state index contributed by atoms with van der Waals surface area (Å²) in [4.78, 5) is 32.7. The molecule has 198 valence electrons. The molecule has 2 saturated heterocycles. The van der Waals surface area contributed by atoms with Crippen LogP contribution in [0.3, 0.4) is 0 Å². The van der Waals surface area contributed by atoms with E-state index in [-0.39, 0.29) is 5.41 Å². The fourth-order valence-corrected chi connectivity index (χ4v) is 6.39. The average molecular weight is 503 g/mol. The van der Waals surface area contributed by atoms with Gasteiger partial charge in [0, 0.05) is 62.9 Å². The van der Waals surface area contributed by atoms with Gasteiger partial charge in [0.15, 0.2) is 0 Å². The smallest absolute Gasteiger partial charge is 0.229 e. The van der Waals surface area contributed by atoms with E-state index in [0.29, 0.717) is 11.9 Å².